The van der Waals surface area contributed by atoms with Crippen LogP contribution in [0.4, 0.5) is 17.3 Å². The molecule has 4 aromatic rings. The summed E-state index contributed by atoms with van der Waals surface area (Å²) in [6.07, 6.45) is 6.05. The Hall–Kier alpha value is -4.40. The van der Waals surface area contributed by atoms with Gasteiger partial charge in [-0.1, -0.05) is 0 Å². The number of benzene rings is 1. The van der Waals surface area contributed by atoms with Crippen molar-refractivity contribution in [1.29, 1.82) is 0 Å². The highest BCUT2D eigenvalue weighted by Gasteiger charge is 2.44. The number of carbonyl (C=O) groups excluding carboxylic acids is 1. The molecule has 6 rings (SSSR count). The maximum absolute atomic E-state index is 12.7. The lowest BCUT2D eigenvalue weighted by atomic mass is 10.0. The van der Waals surface area contributed by atoms with Gasteiger partial charge < -0.3 is 21.1 Å². The topological polar surface area (TPSA) is 131 Å². The van der Waals surface area contributed by atoms with Gasteiger partial charge in [-0.3, -0.25) is 9.89 Å². The number of aryl methyl sites for hydroxylation is 1. The van der Waals surface area contributed by atoms with Crippen LogP contribution in [0.25, 0.3) is 22.0 Å². The van der Waals surface area contributed by atoms with Gasteiger partial charge in [0.1, 0.15) is 11.6 Å². The number of hydrogen-bond donors (Lipinski definition) is 4. The average Bonchev–Trinajstić information content (AvgIpc) is 3.22. The van der Waals surface area contributed by atoms with Crippen molar-refractivity contribution in [1.82, 2.24) is 20.2 Å². The normalized spacial score (nSPS) is 18.5. The molecule has 0 radical (unpaired) electrons. The van der Waals surface area contributed by atoms with Crippen LogP contribution in [-0.2, 0) is 4.79 Å². The fraction of sp³-hybridized carbons (Fsp3) is 0.167. The molecular formula is C24H21N7O2. The molecule has 1 amide bonds. The van der Waals surface area contributed by atoms with Crippen LogP contribution >= 0.6 is 0 Å². The number of hydrogen-bond acceptors (Lipinski definition) is 7. The number of nitrogens with one attached hydrogen (secondary N) is 3. The molecule has 1 aliphatic carbocycles. The number of ether oxygens (including phenoxy) is 1. The summed E-state index contributed by atoms with van der Waals surface area (Å²) in [6.45, 7) is 5.81. The summed E-state index contributed by atoms with van der Waals surface area (Å²) in [5.41, 5.74) is 10.8. The summed E-state index contributed by atoms with van der Waals surface area (Å²) in [6, 6.07) is 7.69. The number of nitrogens with zero attached hydrogens (tertiary/aromatic N) is 3. The largest absolute Gasteiger partial charge is 0.439 e. The van der Waals surface area contributed by atoms with E-state index in [0.29, 0.717) is 29.0 Å². The van der Waals surface area contributed by atoms with E-state index in [-0.39, 0.29) is 17.7 Å². The third-order valence-corrected chi connectivity index (χ3v) is 6.18. The smallest absolute Gasteiger partial charge is 0.229 e. The molecule has 1 saturated carbocycles. The van der Waals surface area contributed by atoms with E-state index in [9.17, 15) is 4.79 Å². The number of amides is 1. The predicted octanol–water partition coefficient (Wildman–Crippen LogP) is 3.93. The van der Waals surface area contributed by atoms with Crippen LogP contribution in [0.15, 0.2) is 55.3 Å². The van der Waals surface area contributed by atoms with Crippen molar-refractivity contribution < 1.29 is 9.53 Å². The number of fused-ring (bicyclic) bond motifs is 2. The Morgan fingerprint density at radius 3 is 2.97 bits per heavy atom. The zero-order valence-electron chi connectivity index (χ0n) is 17.8. The first-order chi connectivity index (χ1) is 16.0. The lowest BCUT2D eigenvalue weighted by molar-refractivity contribution is -0.117. The highest BCUT2D eigenvalue weighted by Crippen LogP contribution is 2.47. The van der Waals surface area contributed by atoms with Crippen molar-refractivity contribution in [3.05, 3.63) is 66.4 Å². The number of carbonyl (C=O) groups is 1. The minimum atomic E-state index is -0.0735. The number of anilines is 3. The van der Waals surface area contributed by atoms with Gasteiger partial charge in [0, 0.05) is 29.3 Å². The van der Waals surface area contributed by atoms with Gasteiger partial charge in [0.15, 0.2) is 11.6 Å². The lowest BCUT2D eigenvalue weighted by Crippen LogP contribution is -2.15. The number of rotatable bonds is 4. The van der Waals surface area contributed by atoms with Gasteiger partial charge in [-0.25, -0.2) is 9.97 Å². The Labute approximate surface area is 189 Å². The number of nitrogens with two attached hydrogens (primary N) is 1. The highest BCUT2D eigenvalue weighted by atomic mass is 16.5. The van der Waals surface area contributed by atoms with Crippen LogP contribution in [0.1, 0.15) is 23.5 Å². The minimum Gasteiger partial charge on any atom is -0.439 e. The molecule has 5 N–H and O–H groups in total. The monoisotopic (exact) mass is 439 g/mol. The third-order valence-electron chi connectivity index (χ3n) is 6.18. The van der Waals surface area contributed by atoms with Crippen LogP contribution in [0.2, 0.25) is 0 Å². The molecule has 0 saturated heterocycles. The van der Waals surface area contributed by atoms with E-state index >= 15 is 0 Å². The molecular weight excluding hydrogens is 418 g/mol. The maximum atomic E-state index is 12.7. The molecule has 1 aromatic carbocycles. The van der Waals surface area contributed by atoms with E-state index in [4.69, 9.17) is 10.5 Å². The minimum absolute atomic E-state index is 0.0466. The molecule has 1 aliphatic heterocycles. The van der Waals surface area contributed by atoms with Crippen LogP contribution in [0.5, 0.6) is 5.75 Å². The molecule has 4 heterocycles. The van der Waals surface area contributed by atoms with E-state index in [2.05, 4.69) is 37.4 Å². The van der Waals surface area contributed by atoms with Gasteiger partial charge in [-0.05, 0) is 66.6 Å². The molecule has 0 bridgehead atoms. The highest BCUT2D eigenvalue weighted by molar-refractivity contribution is 5.99. The summed E-state index contributed by atoms with van der Waals surface area (Å²) >= 11 is 0. The standard InChI is InChI=1S/C24H21N7O2/c1-11-3-20-21(33-12(2)29-20)7-15(11)19-4-13-5-22(26-10-18(13)23(25)30-19)31-24(32)17-6-16(17)14-8-27-28-9-14/h3-5,7-10,16-17,29H,2,6H2,1H3,(H2,25,30)(H,27,28)(H,26,31,32)/t16-,17+/m0/s1. The predicted molar refractivity (Wildman–Crippen MR) is 126 cm³/mol. The fourth-order valence-electron chi connectivity index (χ4n) is 4.37. The van der Waals surface area contributed by atoms with Gasteiger partial charge >= 0.3 is 0 Å². The number of nitrogen functional groups attached to an aromatic ring is 1. The summed E-state index contributed by atoms with van der Waals surface area (Å²) in [5, 5.41) is 14.4. The Bertz CT molecular complexity index is 1450. The number of aromatic nitrogens is 4. The quantitative estimate of drug-likeness (QED) is 0.379. The van der Waals surface area contributed by atoms with Crippen molar-refractivity contribution in [3.8, 4) is 17.0 Å². The van der Waals surface area contributed by atoms with Crippen molar-refractivity contribution in [3.63, 3.8) is 0 Å². The molecule has 0 spiro atoms. The molecule has 1 fully saturated rings. The zero-order valence-corrected chi connectivity index (χ0v) is 17.8. The Morgan fingerprint density at radius 1 is 1.27 bits per heavy atom. The van der Waals surface area contributed by atoms with E-state index in [1.54, 1.807) is 12.4 Å². The van der Waals surface area contributed by atoms with Gasteiger partial charge in [-0.2, -0.15) is 5.10 Å². The second kappa shape index (κ2) is 7.06. The van der Waals surface area contributed by atoms with Crippen molar-refractivity contribution in [2.75, 3.05) is 16.4 Å². The average molecular weight is 439 g/mol. The van der Waals surface area contributed by atoms with Crippen LogP contribution < -0.4 is 21.1 Å². The van der Waals surface area contributed by atoms with Crippen LogP contribution in [-0.4, -0.2) is 26.1 Å². The fourth-order valence-corrected chi connectivity index (χ4v) is 4.37. The van der Waals surface area contributed by atoms with Crippen molar-refractivity contribution >= 4 is 34.0 Å². The van der Waals surface area contributed by atoms with Gasteiger partial charge in [0.05, 0.1) is 17.6 Å². The van der Waals surface area contributed by atoms with Crippen molar-refractivity contribution in [2.24, 2.45) is 5.92 Å². The summed E-state index contributed by atoms with van der Waals surface area (Å²) in [4.78, 5) is 21.7. The molecule has 9 heteroatoms. The Kier molecular flexibility index (Phi) is 4.13. The first kappa shape index (κ1) is 19.3. The molecule has 2 atom stereocenters. The lowest BCUT2D eigenvalue weighted by Gasteiger charge is -2.11. The molecule has 33 heavy (non-hydrogen) atoms. The van der Waals surface area contributed by atoms with Crippen molar-refractivity contribution in [2.45, 2.75) is 19.3 Å². The van der Waals surface area contributed by atoms with Gasteiger partial charge in [-0.15, -0.1) is 0 Å². The zero-order chi connectivity index (χ0) is 22.7. The molecule has 3 aromatic heterocycles. The van der Waals surface area contributed by atoms with Gasteiger partial charge in [0.2, 0.25) is 5.91 Å². The first-order valence-electron chi connectivity index (χ1n) is 10.6. The second-order valence-electron chi connectivity index (χ2n) is 8.47. The number of H-pyrrole nitrogens is 1. The van der Waals surface area contributed by atoms with E-state index in [1.165, 1.54) is 0 Å². The van der Waals surface area contributed by atoms with Crippen LogP contribution in [0.3, 0.4) is 0 Å². The Morgan fingerprint density at radius 2 is 2.15 bits per heavy atom. The second-order valence-corrected chi connectivity index (χ2v) is 8.47. The van der Waals surface area contributed by atoms with Crippen LogP contribution in [0, 0.1) is 12.8 Å². The van der Waals surface area contributed by atoms with E-state index in [0.717, 1.165) is 39.6 Å². The number of aromatic amines is 1. The molecule has 2 aliphatic rings. The molecule has 0 unspecified atom stereocenters. The molecule has 164 valence electrons. The Balaban J connectivity index is 1.30. The molecule has 9 nitrogen and oxygen atoms in total. The van der Waals surface area contributed by atoms with E-state index < -0.39 is 0 Å². The van der Waals surface area contributed by atoms with E-state index in [1.807, 2.05) is 37.4 Å². The third kappa shape index (κ3) is 3.34. The van der Waals surface area contributed by atoms with Gasteiger partial charge in [0.25, 0.3) is 0 Å². The SMILES string of the molecule is C=C1Nc2cc(C)c(-c3cc4cc(NC(=O)[C@@H]5C[C@H]5c5cn[nH]c5)ncc4c(N)n3)cc2O1. The number of pyridine rings is 2. The summed E-state index contributed by atoms with van der Waals surface area (Å²) < 4.78 is 5.64. The summed E-state index contributed by atoms with van der Waals surface area (Å²) in [7, 11) is 0. The first-order valence-corrected chi connectivity index (χ1v) is 10.6. The maximum Gasteiger partial charge on any atom is 0.229 e. The summed E-state index contributed by atoms with van der Waals surface area (Å²) in [5.74, 6) is 2.12.